The number of Topliss-reactive ketones (excluding diaryl/α,β-unsaturated/α-hetero) is 1. The average Bonchev–Trinajstić information content (AvgIpc) is 2.54. The normalized spacial score (nSPS) is 11.5. The highest BCUT2D eigenvalue weighted by molar-refractivity contribution is 6.01. The van der Waals surface area contributed by atoms with Crippen LogP contribution in [0.15, 0.2) is 54.6 Å². The second-order valence-corrected chi connectivity index (χ2v) is 4.84. The van der Waals surface area contributed by atoms with Crippen LogP contribution in [0.3, 0.4) is 0 Å². The third kappa shape index (κ3) is 4.34. The van der Waals surface area contributed by atoms with E-state index in [-0.39, 0.29) is 18.1 Å². The van der Waals surface area contributed by atoms with Crippen molar-refractivity contribution in [2.45, 2.75) is 19.6 Å². The summed E-state index contributed by atoms with van der Waals surface area (Å²) in [6.07, 6.45) is -0.650. The first-order valence-electron chi connectivity index (χ1n) is 6.86. The zero-order chi connectivity index (χ0) is 15.9. The Morgan fingerprint density at radius 3 is 2.36 bits per heavy atom. The smallest absolute Gasteiger partial charge is 0.408 e. The van der Waals surface area contributed by atoms with Gasteiger partial charge in [-0.15, -0.1) is 0 Å². The van der Waals surface area contributed by atoms with Gasteiger partial charge in [-0.25, -0.2) is 4.79 Å². The van der Waals surface area contributed by atoms with Gasteiger partial charge in [-0.2, -0.15) is 0 Å². The van der Waals surface area contributed by atoms with Crippen LogP contribution in [0.1, 0.15) is 22.8 Å². The lowest BCUT2D eigenvalue weighted by Crippen LogP contribution is -2.38. The number of amides is 1. The number of ketones is 1. The number of benzene rings is 2. The summed E-state index contributed by atoms with van der Waals surface area (Å²) in [7, 11) is 0. The highest BCUT2D eigenvalue weighted by Crippen LogP contribution is 2.11. The highest BCUT2D eigenvalue weighted by atomic mass is 16.5. The van der Waals surface area contributed by atoms with Gasteiger partial charge in [0.2, 0.25) is 0 Å². The van der Waals surface area contributed by atoms with Gasteiger partial charge in [-0.3, -0.25) is 4.79 Å². The van der Waals surface area contributed by atoms with Crippen LogP contribution < -0.4 is 5.32 Å². The van der Waals surface area contributed by atoms with Gasteiger partial charge in [0, 0.05) is 5.56 Å². The molecule has 0 aliphatic carbocycles. The number of aromatic hydroxyl groups is 1. The summed E-state index contributed by atoms with van der Waals surface area (Å²) < 4.78 is 5.06. The van der Waals surface area contributed by atoms with E-state index in [0.29, 0.717) is 5.56 Å². The molecule has 1 atom stereocenters. The van der Waals surface area contributed by atoms with Crippen molar-refractivity contribution in [3.63, 3.8) is 0 Å². The maximum Gasteiger partial charge on any atom is 0.408 e. The molecule has 22 heavy (non-hydrogen) atoms. The molecule has 2 N–H and O–H groups in total. The molecule has 0 spiro atoms. The minimum absolute atomic E-state index is 0.0828. The third-order valence-corrected chi connectivity index (χ3v) is 3.09. The first kappa shape index (κ1) is 15.6. The van der Waals surface area contributed by atoms with Crippen LogP contribution in [-0.2, 0) is 11.3 Å². The SMILES string of the molecule is C[C@H](NC(=O)OCc1ccccc1)C(=O)c1ccc(O)cc1. The zero-order valence-electron chi connectivity index (χ0n) is 12.2. The van der Waals surface area contributed by atoms with E-state index < -0.39 is 12.1 Å². The van der Waals surface area contributed by atoms with E-state index in [1.807, 2.05) is 30.3 Å². The molecule has 2 aromatic rings. The van der Waals surface area contributed by atoms with Crippen molar-refractivity contribution >= 4 is 11.9 Å². The summed E-state index contributed by atoms with van der Waals surface area (Å²) in [4.78, 5) is 23.8. The number of phenols is 1. The van der Waals surface area contributed by atoms with E-state index in [9.17, 15) is 14.7 Å². The van der Waals surface area contributed by atoms with Gasteiger partial charge in [0.05, 0.1) is 6.04 Å². The second kappa shape index (κ2) is 7.26. The Morgan fingerprint density at radius 1 is 1.09 bits per heavy atom. The van der Waals surface area contributed by atoms with Crippen LogP contribution >= 0.6 is 0 Å². The number of hydrogen-bond donors (Lipinski definition) is 2. The van der Waals surface area contributed by atoms with Crippen LogP contribution in [0.2, 0.25) is 0 Å². The van der Waals surface area contributed by atoms with Crippen LogP contribution in [0.25, 0.3) is 0 Å². The zero-order valence-corrected chi connectivity index (χ0v) is 12.2. The topological polar surface area (TPSA) is 75.6 Å². The predicted octanol–water partition coefficient (Wildman–Crippen LogP) is 2.89. The summed E-state index contributed by atoms with van der Waals surface area (Å²) >= 11 is 0. The van der Waals surface area contributed by atoms with E-state index in [1.54, 1.807) is 6.92 Å². The highest BCUT2D eigenvalue weighted by Gasteiger charge is 2.18. The summed E-state index contributed by atoms with van der Waals surface area (Å²) in [5.41, 5.74) is 1.28. The van der Waals surface area contributed by atoms with Crippen molar-refractivity contribution in [3.8, 4) is 5.75 Å². The molecule has 5 heteroatoms. The molecule has 0 saturated heterocycles. The maximum atomic E-state index is 12.1. The molecule has 0 aliphatic heterocycles. The van der Waals surface area contributed by atoms with Crippen molar-refractivity contribution in [2.24, 2.45) is 0 Å². The lowest BCUT2D eigenvalue weighted by atomic mass is 10.1. The molecule has 0 aromatic heterocycles. The van der Waals surface area contributed by atoms with Gasteiger partial charge in [-0.1, -0.05) is 30.3 Å². The van der Waals surface area contributed by atoms with Crippen molar-refractivity contribution in [2.75, 3.05) is 0 Å². The minimum Gasteiger partial charge on any atom is -0.508 e. The van der Waals surface area contributed by atoms with Gasteiger partial charge in [-0.05, 0) is 36.8 Å². The molecule has 0 bridgehead atoms. The monoisotopic (exact) mass is 299 g/mol. The van der Waals surface area contributed by atoms with E-state index >= 15 is 0 Å². The van der Waals surface area contributed by atoms with E-state index in [4.69, 9.17) is 4.74 Å². The van der Waals surface area contributed by atoms with Crippen LogP contribution in [0.4, 0.5) is 4.79 Å². The molecule has 2 aromatic carbocycles. The molecule has 5 nitrogen and oxygen atoms in total. The Balaban J connectivity index is 1.85. The first-order chi connectivity index (χ1) is 10.6. The average molecular weight is 299 g/mol. The Labute approximate surface area is 128 Å². The van der Waals surface area contributed by atoms with Crippen molar-refractivity contribution in [1.82, 2.24) is 5.32 Å². The molecule has 1 amide bonds. The number of hydrogen-bond acceptors (Lipinski definition) is 4. The van der Waals surface area contributed by atoms with Gasteiger partial charge < -0.3 is 15.2 Å². The number of phenolic OH excluding ortho intramolecular Hbond substituents is 1. The Morgan fingerprint density at radius 2 is 1.73 bits per heavy atom. The Bertz CT molecular complexity index is 637. The maximum absolute atomic E-state index is 12.1. The van der Waals surface area contributed by atoms with Crippen molar-refractivity contribution in [1.29, 1.82) is 0 Å². The molecule has 114 valence electrons. The number of alkyl carbamates (subject to hydrolysis) is 1. The third-order valence-electron chi connectivity index (χ3n) is 3.09. The molecule has 0 unspecified atom stereocenters. The lowest BCUT2D eigenvalue weighted by Gasteiger charge is -2.13. The lowest BCUT2D eigenvalue weighted by molar-refractivity contribution is 0.0926. The van der Waals surface area contributed by atoms with Gasteiger partial charge >= 0.3 is 6.09 Å². The van der Waals surface area contributed by atoms with Gasteiger partial charge in [0.25, 0.3) is 0 Å². The summed E-state index contributed by atoms with van der Waals surface area (Å²) in [5.74, 6) is -0.170. The molecular formula is C17H17NO4. The quantitative estimate of drug-likeness (QED) is 0.832. The summed E-state index contributed by atoms with van der Waals surface area (Å²) in [6, 6.07) is 14.4. The molecule has 0 aliphatic rings. The number of rotatable bonds is 5. The molecule has 0 radical (unpaired) electrons. The second-order valence-electron chi connectivity index (χ2n) is 4.84. The summed E-state index contributed by atoms with van der Waals surface area (Å²) in [6.45, 7) is 1.73. The van der Waals surface area contributed by atoms with Crippen LogP contribution in [0.5, 0.6) is 5.75 Å². The van der Waals surface area contributed by atoms with Gasteiger partial charge in [0.15, 0.2) is 5.78 Å². The number of carbonyl (C=O) groups is 2. The van der Waals surface area contributed by atoms with Gasteiger partial charge in [0.1, 0.15) is 12.4 Å². The van der Waals surface area contributed by atoms with E-state index in [1.165, 1.54) is 24.3 Å². The first-order valence-corrected chi connectivity index (χ1v) is 6.86. The van der Waals surface area contributed by atoms with Crippen LogP contribution in [0, 0.1) is 0 Å². The molecule has 0 heterocycles. The molecular weight excluding hydrogens is 282 g/mol. The molecule has 0 saturated carbocycles. The number of ether oxygens (including phenoxy) is 1. The fourth-order valence-electron chi connectivity index (χ4n) is 1.88. The standard InChI is InChI=1S/C17H17NO4/c1-12(16(20)14-7-9-15(19)10-8-14)18-17(21)22-11-13-5-3-2-4-6-13/h2-10,12,19H,11H2,1H3,(H,18,21)/t12-/m0/s1. The largest absolute Gasteiger partial charge is 0.508 e. The number of nitrogens with one attached hydrogen (secondary N) is 1. The Hall–Kier alpha value is -2.82. The molecule has 2 rings (SSSR count). The Kier molecular flexibility index (Phi) is 5.14. The predicted molar refractivity (Wildman–Crippen MR) is 81.7 cm³/mol. The fourth-order valence-corrected chi connectivity index (χ4v) is 1.88. The van der Waals surface area contributed by atoms with E-state index in [0.717, 1.165) is 5.56 Å². The summed E-state index contributed by atoms with van der Waals surface area (Å²) in [5, 5.41) is 11.7. The van der Waals surface area contributed by atoms with Crippen molar-refractivity contribution < 1.29 is 19.4 Å². The minimum atomic E-state index is -0.715. The van der Waals surface area contributed by atoms with E-state index in [2.05, 4.69) is 5.32 Å². The van der Waals surface area contributed by atoms with Crippen LogP contribution in [-0.4, -0.2) is 23.0 Å². The fraction of sp³-hybridized carbons (Fsp3) is 0.176. The van der Waals surface area contributed by atoms with Crippen molar-refractivity contribution in [3.05, 3.63) is 65.7 Å². The number of carbonyl (C=O) groups excluding carboxylic acids is 2. The molecule has 0 fully saturated rings.